The van der Waals surface area contributed by atoms with E-state index in [1.165, 1.54) is 11.8 Å². The predicted octanol–water partition coefficient (Wildman–Crippen LogP) is 5.01. The topological polar surface area (TPSA) is 52.3 Å². The van der Waals surface area contributed by atoms with E-state index in [4.69, 9.17) is 22.1 Å². The molecule has 2 aromatic carbocycles. The van der Waals surface area contributed by atoms with Crippen LogP contribution in [0.5, 0.6) is 0 Å². The molecule has 2 N–H and O–H groups in total. The van der Waals surface area contributed by atoms with Crippen molar-refractivity contribution in [3.8, 4) is 0 Å². The van der Waals surface area contributed by atoms with E-state index in [9.17, 15) is 4.79 Å². The fourth-order valence-corrected chi connectivity index (χ4v) is 3.53. The first-order valence-electron chi connectivity index (χ1n) is 6.21. The Morgan fingerprint density at radius 3 is 2.76 bits per heavy atom. The highest BCUT2D eigenvalue weighted by Gasteiger charge is 2.18. The molecule has 0 radical (unpaired) electrons. The number of halogens is 2. The number of esters is 1. The number of benzene rings is 2. The molecule has 0 heterocycles. The third-order valence-electron chi connectivity index (χ3n) is 2.61. The molecule has 21 heavy (non-hydrogen) atoms. The van der Waals surface area contributed by atoms with Crippen molar-refractivity contribution < 1.29 is 9.53 Å². The van der Waals surface area contributed by atoms with Gasteiger partial charge in [0.15, 0.2) is 0 Å². The molecule has 0 amide bonds. The Bertz CT molecular complexity index is 679. The minimum absolute atomic E-state index is 0.296. The Labute approximate surface area is 140 Å². The summed E-state index contributed by atoms with van der Waals surface area (Å²) in [5.74, 6) is -0.429. The van der Waals surface area contributed by atoms with E-state index in [1.807, 2.05) is 24.3 Å². The quantitative estimate of drug-likeness (QED) is 0.592. The van der Waals surface area contributed by atoms with Crippen LogP contribution in [0.25, 0.3) is 0 Å². The zero-order valence-corrected chi connectivity index (χ0v) is 14.4. The third kappa shape index (κ3) is 3.93. The molecule has 110 valence electrons. The monoisotopic (exact) mass is 385 g/mol. The van der Waals surface area contributed by atoms with Gasteiger partial charge in [0, 0.05) is 20.0 Å². The first-order valence-corrected chi connectivity index (χ1v) is 8.20. The van der Waals surface area contributed by atoms with Gasteiger partial charge in [-0.15, -0.1) is 0 Å². The van der Waals surface area contributed by atoms with Crippen molar-refractivity contribution in [3.05, 3.63) is 51.5 Å². The molecule has 0 aliphatic carbocycles. The summed E-state index contributed by atoms with van der Waals surface area (Å²) in [6.07, 6.45) is 0. The maximum atomic E-state index is 12.1. The molecule has 2 aromatic rings. The summed E-state index contributed by atoms with van der Waals surface area (Å²) < 4.78 is 6.00. The van der Waals surface area contributed by atoms with Crippen LogP contribution in [0.3, 0.4) is 0 Å². The molecule has 6 heteroatoms. The van der Waals surface area contributed by atoms with E-state index in [-0.39, 0.29) is 0 Å². The fraction of sp³-hybridized carbons (Fsp3) is 0.133. The van der Waals surface area contributed by atoms with Crippen LogP contribution in [-0.2, 0) is 4.74 Å². The van der Waals surface area contributed by atoms with Crippen LogP contribution in [0.1, 0.15) is 17.3 Å². The van der Waals surface area contributed by atoms with Crippen molar-refractivity contribution in [2.24, 2.45) is 0 Å². The van der Waals surface area contributed by atoms with Gasteiger partial charge in [-0.25, -0.2) is 4.79 Å². The Kier molecular flexibility index (Phi) is 5.56. The van der Waals surface area contributed by atoms with E-state index >= 15 is 0 Å². The van der Waals surface area contributed by atoms with E-state index in [2.05, 4.69) is 15.9 Å². The summed E-state index contributed by atoms with van der Waals surface area (Å²) >= 11 is 11.1. The van der Waals surface area contributed by atoms with Crippen molar-refractivity contribution in [1.29, 1.82) is 0 Å². The lowest BCUT2D eigenvalue weighted by atomic mass is 10.2. The van der Waals surface area contributed by atoms with Gasteiger partial charge in [-0.3, -0.25) is 0 Å². The van der Waals surface area contributed by atoms with Crippen LogP contribution < -0.4 is 5.73 Å². The van der Waals surface area contributed by atoms with Gasteiger partial charge < -0.3 is 10.5 Å². The number of carbonyl (C=O) groups excluding carboxylic acids is 1. The molecule has 0 saturated heterocycles. The minimum atomic E-state index is -0.429. The lowest BCUT2D eigenvalue weighted by Crippen LogP contribution is -2.07. The van der Waals surface area contributed by atoms with Crippen LogP contribution in [0.15, 0.2) is 50.7 Å². The largest absolute Gasteiger partial charge is 0.462 e. The number of ether oxygens (including phenoxy) is 1. The number of anilines is 1. The van der Waals surface area contributed by atoms with E-state index < -0.39 is 5.97 Å². The number of rotatable bonds is 4. The molecule has 0 atom stereocenters. The van der Waals surface area contributed by atoms with Gasteiger partial charge in [0.1, 0.15) is 0 Å². The Hall–Kier alpha value is -1.17. The van der Waals surface area contributed by atoms with Gasteiger partial charge in [-0.2, -0.15) is 0 Å². The molecule has 3 nitrogen and oxygen atoms in total. The number of nitrogen functional groups attached to an aromatic ring is 1. The molecule has 0 aliphatic rings. The minimum Gasteiger partial charge on any atom is -0.462 e. The third-order valence-corrected chi connectivity index (χ3v) is 5.19. The molecular weight excluding hydrogens is 374 g/mol. The molecule has 0 aromatic heterocycles. The molecule has 0 unspecified atom stereocenters. The number of nitrogens with two attached hydrogens (primary N) is 1. The zero-order valence-electron chi connectivity index (χ0n) is 11.2. The summed E-state index contributed by atoms with van der Waals surface area (Å²) in [5, 5.41) is 0.429. The first kappa shape index (κ1) is 16.2. The van der Waals surface area contributed by atoms with Gasteiger partial charge in [0.2, 0.25) is 0 Å². The van der Waals surface area contributed by atoms with E-state index in [0.29, 0.717) is 27.8 Å². The Morgan fingerprint density at radius 1 is 1.38 bits per heavy atom. The second-order valence-electron chi connectivity index (χ2n) is 4.13. The van der Waals surface area contributed by atoms with Gasteiger partial charge >= 0.3 is 5.97 Å². The Morgan fingerprint density at radius 2 is 2.10 bits per heavy atom. The number of hydrogen-bond acceptors (Lipinski definition) is 4. The van der Waals surface area contributed by atoms with Gasteiger partial charge in [-0.05, 0) is 47.1 Å². The number of carbonyl (C=O) groups is 1. The van der Waals surface area contributed by atoms with Gasteiger partial charge in [0.25, 0.3) is 0 Å². The van der Waals surface area contributed by atoms with Crippen LogP contribution in [0.2, 0.25) is 5.02 Å². The maximum Gasteiger partial charge on any atom is 0.339 e. The van der Waals surface area contributed by atoms with Crippen molar-refractivity contribution in [2.75, 3.05) is 12.3 Å². The molecule has 0 spiro atoms. The van der Waals surface area contributed by atoms with Crippen molar-refractivity contribution in [3.63, 3.8) is 0 Å². The second-order valence-corrected chi connectivity index (χ2v) is 6.45. The summed E-state index contributed by atoms with van der Waals surface area (Å²) in [6, 6.07) is 10.9. The molecule has 0 bridgehead atoms. The van der Waals surface area contributed by atoms with Crippen LogP contribution in [-0.4, -0.2) is 12.6 Å². The predicted molar refractivity (Wildman–Crippen MR) is 90.1 cm³/mol. The molecular formula is C15H13BrClNO2S. The summed E-state index contributed by atoms with van der Waals surface area (Å²) in [6.45, 7) is 2.05. The summed E-state index contributed by atoms with van der Waals surface area (Å²) in [4.78, 5) is 13.7. The lowest BCUT2D eigenvalue weighted by Gasteiger charge is -2.12. The highest BCUT2D eigenvalue weighted by molar-refractivity contribution is 9.10. The zero-order chi connectivity index (χ0) is 15.4. The first-order chi connectivity index (χ1) is 10.0. The smallest absolute Gasteiger partial charge is 0.339 e. The average Bonchev–Trinajstić information content (AvgIpc) is 2.43. The van der Waals surface area contributed by atoms with Crippen LogP contribution >= 0.6 is 39.3 Å². The summed E-state index contributed by atoms with van der Waals surface area (Å²) in [7, 11) is 0. The Balaban J connectivity index is 2.47. The van der Waals surface area contributed by atoms with E-state index in [1.54, 1.807) is 19.1 Å². The maximum absolute atomic E-state index is 12.1. The normalized spacial score (nSPS) is 10.4. The molecule has 0 saturated carbocycles. The lowest BCUT2D eigenvalue weighted by molar-refractivity contribution is 0.0522. The SMILES string of the molecule is CCOC(=O)c1cc(N)cc(Cl)c1Sc1ccccc1Br. The van der Waals surface area contributed by atoms with E-state index in [0.717, 1.165) is 9.37 Å². The van der Waals surface area contributed by atoms with Crippen molar-refractivity contribution in [2.45, 2.75) is 16.7 Å². The van der Waals surface area contributed by atoms with Crippen molar-refractivity contribution in [1.82, 2.24) is 0 Å². The molecule has 0 fully saturated rings. The van der Waals surface area contributed by atoms with Crippen molar-refractivity contribution >= 4 is 50.9 Å². The highest BCUT2D eigenvalue weighted by Crippen LogP contribution is 2.40. The van der Waals surface area contributed by atoms with Crippen LogP contribution in [0.4, 0.5) is 5.69 Å². The molecule has 2 rings (SSSR count). The highest BCUT2D eigenvalue weighted by atomic mass is 79.9. The average molecular weight is 387 g/mol. The van der Waals surface area contributed by atoms with Gasteiger partial charge in [-0.1, -0.05) is 35.5 Å². The fourth-order valence-electron chi connectivity index (χ4n) is 1.72. The molecule has 0 aliphatic heterocycles. The van der Waals surface area contributed by atoms with Crippen LogP contribution in [0, 0.1) is 0 Å². The van der Waals surface area contributed by atoms with Gasteiger partial charge in [0.05, 0.1) is 17.2 Å². The second kappa shape index (κ2) is 7.20. The number of hydrogen-bond donors (Lipinski definition) is 1. The summed E-state index contributed by atoms with van der Waals surface area (Å²) in [5.41, 5.74) is 6.58. The standard InChI is InChI=1S/C15H13BrClNO2S/c1-2-20-15(19)10-7-9(18)8-12(17)14(10)21-13-6-4-3-5-11(13)16/h3-8H,2,18H2,1H3.